The van der Waals surface area contributed by atoms with E-state index in [1.165, 1.54) is 4.63 Å². The Bertz CT molecular complexity index is 740. The smallest absolute Gasteiger partial charge is 0.121 e. The summed E-state index contributed by atoms with van der Waals surface area (Å²) in [7, 11) is 0. The molecule has 2 aromatic heterocycles. The summed E-state index contributed by atoms with van der Waals surface area (Å²) in [6, 6.07) is 15.0. The number of hydrogen-bond donors (Lipinski definition) is 0. The number of benzene rings is 1. The van der Waals surface area contributed by atoms with Crippen molar-refractivity contribution in [3.05, 3.63) is 65.8 Å². The number of rotatable bonds is 0. The van der Waals surface area contributed by atoms with Gasteiger partial charge in [-0.3, -0.25) is 0 Å². The molecule has 0 aliphatic heterocycles. The standard InChI is InChI=1S/C12H10N3O/c16-15-12-8-4-3-7-11(12)13-9-5-1-2-6-10-14(13)15/h1-10H/q+1. The fourth-order valence-corrected chi connectivity index (χ4v) is 1.80. The maximum atomic E-state index is 12.0. The van der Waals surface area contributed by atoms with Crippen LogP contribution in [0.1, 0.15) is 0 Å². The second-order valence-corrected chi connectivity index (χ2v) is 3.49. The molecular formula is C12H10N3O+. The molecule has 3 rings (SSSR count). The topological polar surface area (TPSA) is 31.8 Å². The lowest BCUT2D eigenvalue weighted by Gasteiger charge is -1.83. The van der Waals surface area contributed by atoms with Crippen LogP contribution in [0.4, 0.5) is 0 Å². The number of aromatic nitrogens is 3. The van der Waals surface area contributed by atoms with Crippen LogP contribution in [0, 0.1) is 4.91 Å². The molecule has 0 bridgehead atoms. The molecule has 2 heterocycles. The quantitative estimate of drug-likeness (QED) is 0.521. The Labute approximate surface area is 91.2 Å². The first-order valence-corrected chi connectivity index (χ1v) is 5.04. The van der Waals surface area contributed by atoms with Crippen molar-refractivity contribution < 1.29 is 4.54 Å². The van der Waals surface area contributed by atoms with Crippen LogP contribution >= 0.6 is 0 Å². The molecule has 4 nitrogen and oxygen atoms in total. The van der Waals surface area contributed by atoms with Gasteiger partial charge in [-0.05, 0) is 33.8 Å². The third-order valence-electron chi connectivity index (χ3n) is 2.52. The van der Waals surface area contributed by atoms with E-state index in [-0.39, 0.29) is 0 Å². The van der Waals surface area contributed by atoms with Gasteiger partial charge >= 0.3 is 0 Å². The van der Waals surface area contributed by atoms with Gasteiger partial charge in [0.25, 0.3) is 5.52 Å². The molecule has 0 atom stereocenters. The summed E-state index contributed by atoms with van der Waals surface area (Å²) in [6.07, 6.45) is 3.59. The van der Waals surface area contributed by atoms with Crippen molar-refractivity contribution in [3.63, 3.8) is 0 Å². The highest BCUT2D eigenvalue weighted by Crippen LogP contribution is 2.06. The predicted molar refractivity (Wildman–Crippen MR) is 60.5 cm³/mol. The molecule has 4 heteroatoms. The summed E-state index contributed by atoms with van der Waals surface area (Å²) >= 11 is 0. The largest absolute Gasteiger partial charge is 0.250 e. The zero-order chi connectivity index (χ0) is 11.0. The fourth-order valence-electron chi connectivity index (χ4n) is 1.80. The Kier molecular flexibility index (Phi) is 1.86. The highest BCUT2D eigenvalue weighted by Gasteiger charge is 2.12. The van der Waals surface area contributed by atoms with Crippen molar-refractivity contribution in [2.24, 2.45) is 0 Å². The Hall–Kier alpha value is -2.36. The molecule has 16 heavy (non-hydrogen) atoms. The lowest BCUT2D eigenvalue weighted by Crippen LogP contribution is -2.22. The first-order valence-electron chi connectivity index (χ1n) is 5.04. The van der Waals surface area contributed by atoms with Crippen molar-refractivity contribution in [2.75, 3.05) is 0 Å². The van der Waals surface area contributed by atoms with Gasteiger partial charge in [-0.15, -0.1) is 4.52 Å². The van der Waals surface area contributed by atoms with E-state index in [1.807, 2.05) is 59.2 Å². The number of nitrogens with zero attached hydrogens (tertiary/aromatic N) is 3. The van der Waals surface area contributed by atoms with Crippen LogP contribution in [0.25, 0.3) is 11.0 Å². The van der Waals surface area contributed by atoms with Crippen molar-refractivity contribution in [3.8, 4) is 0 Å². The maximum absolute atomic E-state index is 12.0. The summed E-state index contributed by atoms with van der Waals surface area (Å²) in [5.74, 6) is 0. The minimum absolute atomic E-state index is 0.652. The Balaban J connectivity index is 2.69. The third kappa shape index (κ3) is 1.16. The van der Waals surface area contributed by atoms with Crippen molar-refractivity contribution in [1.82, 2.24) is 9.15 Å². The van der Waals surface area contributed by atoms with Crippen molar-refractivity contribution >= 4 is 11.0 Å². The normalized spacial score (nSPS) is 10.8. The van der Waals surface area contributed by atoms with E-state index >= 15 is 0 Å². The summed E-state index contributed by atoms with van der Waals surface area (Å²) in [5, 5.41) is 0. The second kappa shape index (κ2) is 3.34. The highest BCUT2D eigenvalue weighted by molar-refractivity contribution is 5.70. The van der Waals surface area contributed by atoms with E-state index in [2.05, 4.69) is 0 Å². The highest BCUT2D eigenvalue weighted by atomic mass is 16.3. The Morgan fingerprint density at radius 3 is 2.50 bits per heavy atom. The van der Waals surface area contributed by atoms with Crippen LogP contribution in [0.5, 0.6) is 0 Å². The summed E-state index contributed by atoms with van der Waals surface area (Å²) in [4.78, 5) is 12.0. The lowest BCUT2D eigenvalue weighted by molar-refractivity contribution is -0.556. The molecule has 3 aromatic rings. The molecule has 0 aliphatic carbocycles. The molecule has 0 radical (unpaired) electrons. The number of fused-ring (bicyclic) bond motifs is 3. The van der Waals surface area contributed by atoms with Gasteiger partial charge in [-0.2, -0.15) is 0 Å². The van der Waals surface area contributed by atoms with Crippen LogP contribution in [-0.2, 0) is 0 Å². The molecule has 78 valence electrons. The van der Waals surface area contributed by atoms with Gasteiger partial charge in [-0.1, -0.05) is 24.3 Å². The molecule has 1 aromatic carbocycles. The van der Waals surface area contributed by atoms with Crippen LogP contribution in [0.2, 0.25) is 0 Å². The Morgan fingerprint density at radius 1 is 0.875 bits per heavy atom. The van der Waals surface area contributed by atoms with Crippen LogP contribution in [0.15, 0.2) is 60.9 Å². The first kappa shape index (κ1) is 8.91. The summed E-state index contributed by atoms with van der Waals surface area (Å²) in [6.45, 7) is 0. The summed E-state index contributed by atoms with van der Waals surface area (Å²) < 4.78 is 4.20. The van der Waals surface area contributed by atoms with E-state index in [9.17, 15) is 4.91 Å². The molecule has 0 fully saturated rings. The van der Waals surface area contributed by atoms with Gasteiger partial charge in [0, 0.05) is 0 Å². The van der Waals surface area contributed by atoms with Gasteiger partial charge in [0.05, 0.1) is 10.7 Å². The monoisotopic (exact) mass is 212 g/mol. The number of hydrogen-bond acceptors (Lipinski definition) is 1. The first-order chi connectivity index (χ1) is 7.88. The second-order valence-electron chi connectivity index (χ2n) is 3.49. The lowest BCUT2D eigenvalue weighted by atomic mass is 10.3. The van der Waals surface area contributed by atoms with Gasteiger partial charge in [0.15, 0.2) is 0 Å². The van der Waals surface area contributed by atoms with Crippen LogP contribution in [0.3, 0.4) is 0 Å². The molecule has 0 aliphatic rings. The molecule has 0 N–H and O–H groups in total. The molecular weight excluding hydrogens is 202 g/mol. The molecule has 0 saturated carbocycles. The summed E-state index contributed by atoms with van der Waals surface area (Å²) in [5.41, 5.74) is 1.53. The van der Waals surface area contributed by atoms with Gasteiger partial charge < -0.3 is 0 Å². The van der Waals surface area contributed by atoms with Crippen molar-refractivity contribution in [2.45, 2.75) is 0 Å². The van der Waals surface area contributed by atoms with Crippen LogP contribution < -0.4 is 4.54 Å². The van der Waals surface area contributed by atoms with Gasteiger partial charge in [0.2, 0.25) is 5.52 Å². The maximum Gasteiger partial charge on any atom is 0.250 e. The zero-order valence-corrected chi connectivity index (χ0v) is 8.52. The molecule has 0 saturated heterocycles. The van der Waals surface area contributed by atoms with Gasteiger partial charge in [0.1, 0.15) is 6.20 Å². The van der Waals surface area contributed by atoms with Crippen LogP contribution in [-0.4, -0.2) is 9.15 Å². The Morgan fingerprint density at radius 2 is 1.62 bits per heavy atom. The minimum atomic E-state index is 0.652. The number of para-hydroxylation sites is 2. The van der Waals surface area contributed by atoms with E-state index in [0.717, 1.165) is 10.1 Å². The zero-order valence-electron chi connectivity index (χ0n) is 8.52. The molecule has 0 amide bonds. The predicted octanol–water partition coefficient (Wildman–Crippen LogP) is 1.67. The average Bonchev–Trinajstić information content (AvgIpc) is 2.52. The third-order valence-corrected chi connectivity index (χ3v) is 2.52. The minimum Gasteiger partial charge on any atom is -0.121 e. The van der Waals surface area contributed by atoms with Crippen molar-refractivity contribution in [1.29, 1.82) is 0 Å². The van der Waals surface area contributed by atoms with E-state index in [0.29, 0.717) is 5.52 Å². The van der Waals surface area contributed by atoms with Gasteiger partial charge in [-0.25, -0.2) is 0 Å². The SMILES string of the molecule is O=[n+]1c2ccccc2n2ccccccn21. The van der Waals surface area contributed by atoms with E-state index in [4.69, 9.17) is 0 Å². The molecule has 0 spiro atoms. The molecule has 0 unspecified atom stereocenters. The van der Waals surface area contributed by atoms with E-state index in [1.54, 1.807) is 6.20 Å². The fraction of sp³-hybridized carbons (Fsp3) is 0. The average molecular weight is 212 g/mol. The van der Waals surface area contributed by atoms with E-state index < -0.39 is 0 Å².